The molecule has 2 atom stereocenters. The monoisotopic (exact) mass is 610 g/mol. The zero-order valence-electron chi connectivity index (χ0n) is 26.2. The van der Waals surface area contributed by atoms with Crippen molar-refractivity contribution in [2.75, 3.05) is 19.5 Å². The number of carbonyl (C=O) groups excluding carboxylic acids is 4. The number of fused-ring (bicyclic) bond motifs is 1. The van der Waals surface area contributed by atoms with E-state index in [0.717, 1.165) is 0 Å². The van der Waals surface area contributed by atoms with Gasteiger partial charge in [-0.1, -0.05) is 33.8 Å². The zero-order valence-corrected chi connectivity index (χ0v) is 28.0. The Morgan fingerprint density at radius 3 is 2.34 bits per heavy atom. The molecule has 2 rings (SSSR count). The summed E-state index contributed by atoms with van der Waals surface area (Å²) in [6.07, 6.45) is -0.864. The number of thioether (sulfide) groups is 1. The summed E-state index contributed by atoms with van der Waals surface area (Å²) >= 11 is 1.36. The van der Waals surface area contributed by atoms with Crippen LogP contribution in [0.15, 0.2) is 12.1 Å². The lowest BCUT2D eigenvalue weighted by molar-refractivity contribution is -0.144. The van der Waals surface area contributed by atoms with Crippen molar-refractivity contribution in [2.24, 2.45) is 5.92 Å². The number of nitrogens with one attached hydrogen (secondary N) is 2. The molecule has 0 unspecified atom stereocenters. The molecule has 1 heterocycles. The Hall–Kier alpha value is -2.73. The first-order valence-electron chi connectivity index (χ1n) is 13.7. The van der Waals surface area contributed by atoms with E-state index in [2.05, 4.69) is 51.4 Å². The zero-order chi connectivity index (χ0) is 31.3. The molecule has 1 aromatic rings. The molecule has 0 aliphatic carbocycles. The van der Waals surface area contributed by atoms with Crippen molar-refractivity contribution in [3.8, 4) is 5.75 Å². The van der Waals surface area contributed by atoms with Crippen molar-refractivity contribution in [1.82, 2.24) is 10.6 Å². The Morgan fingerprint density at radius 1 is 1.15 bits per heavy atom. The summed E-state index contributed by atoms with van der Waals surface area (Å²) in [7, 11) is -1.06. The topological polar surface area (TPSA) is 129 Å². The Bertz CT molecular complexity index is 1150. The second kappa shape index (κ2) is 13.5. The van der Waals surface area contributed by atoms with Crippen LogP contribution in [0.4, 0.5) is 4.79 Å². The molecule has 2 amide bonds. The van der Waals surface area contributed by atoms with E-state index in [1.165, 1.54) is 18.9 Å². The van der Waals surface area contributed by atoms with E-state index >= 15 is 0 Å². The van der Waals surface area contributed by atoms with Crippen LogP contribution in [0.1, 0.15) is 70.0 Å². The fourth-order valence-corrected chi connectivity index (χ4v) is 7.56. The summed E-state index contributed by atoms with van der Waals surface area (Å²) in [5.74, 6) is -0.414. The fraction of sp³-hybridized carbons (Fsp3) is 0.655. The van der Waals surface area contributed by atoms with Gasteiger partial charge in [-0.3, -0.25) is 4.79 Å². The lowest BCUT2D eigenvalue weighted by Gasteiger charge is -2.42. The van der Waals surface area contributed by atoms with Crippen LogP contribution < -0.4 is 15.1 Å². The molecule has 0 aromatic heterocycles. The maximum atomic E-state index is 13.5. The number of benzene rings is 1. The average Bonchev–Trinajstić information content (AvgIpc) is 2.84. The molecular weight excluding hydrogens is 564 g/mol. The van der Waals surface area contributed by atoms with Gasteiger partial charge in [0.1, 0.15) is 30.0 Å². The Labute approximate surface area is 249 Å². The number of methoxy groups -OCH3 is 1. The van der Waals surface area contributed by atoms with Crippen LogP contribution in [0.5, 0.6) is 5.75 Å². The lowest BCUT2D eigenvalue weighted by atomic mass is 9.99. The predicted octanol–water partition coefficient (Wildman–Crippen LogP) is 4.97. The largest absolute Gasteiger partial charge is 0.543 e. The maximum absolute atomic E-state index is 13.5. The van der Waals surface area contributed by atoms with Gasteiger partial charge in [-0.05, 0) is 63.4 Å². The smallest absolute Gasteiger partial charge is 0.408 e. The minimum absolute atomic E-state index is 0.0531. The van der Waals surface area contributed by atoms with Gasteiger partial charge in [0.2, 0.25) is 5.91 Å². The van der Waals surface area contributed by atoms with Crippen LogP contribution in [-0.4, -0.2) is 69.4 Å². The molecule has 1 aliphatic rings. The van der Waals surface area contributed by atoms with E-state index in [0.29, 0.717) is 34.1 Å². The predicted molar refractivity (Wildman–Crippen MR) is 162 cm³/mol. The molecule has 0 radical (unpaired) electrons. The van der Waals surface area contributed by atoms with Crippen LogP contribution in [0.2, 0.25) is 18.1 Å². The highest BCUT2D eigenvalue weighted by atomic mass is 32.2. The van der Waals surface area contributed by atoms with Crippen LogP contribution in [0.3, 0.4) is 0 Å². The SMILES string of the molecule is COC(=O)[C@@H]1CSCc2ccc(O[Si](C)(C)C(C)(C)C(C)C)c(C)c2C(=O)OC[C@H](NC(=O)OC(C)(C)C)C(=O)N1. The molecule has 1 aromatic carbocycles. The lowest BCUT2D eigenvalue weighted by Crippen LogP contribution is -2.55. The van der Waals surface area contributed by atoms with Crippen LogP contribution in [0.25, 0.3) is 0 Å². The molecule has 12 heteroatoms. The van der Waals surface area contributed by atoms with E-state index in [1.807, 2.05) is 19.1 Å². The average molecular weight is 611 g/mol. The standard InChI is InChI=1S/C29H46N2O8SSi/c1-17(2)29(7,8)41(10,11)39-22-13-12-19-15-40-16-21(25(33)36-9)30-24(32)20(31-27(35)38-28(4,5)6)14-37-26(34)23(19)18(22)3/h12-13,17,20-21H,14-16H2,1-11H3,(H,30,32)(H,31,35)/t20-,21-/m0/s1. The van der Waals surface area contributed by atoms with Gasteiger partial charge in [-0.25, -0.2) is 14.4 Å². The molecular formula is C29H46N2O8SSi. The van der Waals surface area contributed by atoms with Gasteiger partial charge in [0.15, 0.2) is 0 Å². The normalized spacial score (nSPS) is 19.1. The van der Waals surface area contributed by atoms with Gasteiger partial charge in [0, 0.05) is 17.1 Å². The van der Waals surface area contributed by atoms with Crippen molar-refractivity contribution in [1.29, 1.82) is 0 Å². The number of esters is 2. The second-order valence-corrected chi connectivity index (χ2v) is 18.2. The number of hydrogen-bond acceptors (Lipinski definition) is 9. The van der Waals surface area contributed by atoms with E-state index in [1.54, 1.807) is 20.8 Å². The minimum atomic E-state index is -2.30. The van der Waals surface area contributed by atoms with Crippen LogP contribution >= 0.6 is 11.8 Å². The van der Waals surface area contributed by atoms with Gasteiger partial charge in [0.05, 0.1) is 12.7 Å². The second-order valence-electron chi connectivity index (χ2n) is 12.6. The first-order chi connectivity index (χ1) is 18.8. The summed E-state index contributed by atoms with van der Waals surface area (Å²) in [4.78, 5) is 51.6. The molecule has 0 fully saturated rings. The number of hydrogen-bond donors (Lipinski definition) is 2. The number of rotatable bonds is 6. The molecule has 0 spiro atoms. The quantitative estimate of drug-likeness (QED) is 0.261. The van der Waals surface area contributed by atoms with Crippen molar-refractivity contribution < 1.29 is 37.8 Å². The van der Waals surface area contributed by atoms with E-state index in [4.69, 9.17) is 18.6 Å². The number of carbonyl (C=O) groups is 4. The summed E-state index contributed by atoms with van der Waals surface area (Å²) in [6.45, 7) is 19.5. The summed E-state index contributed by atoms with van der Waals surface area (Å²) in [6, 6.07) is 1.43. The molecule has 10 nitrogen and oxygen atoms in total. The fourth-order valence-electron chi connectivity index (χ4n) is 4.10. The first-order valence-corrected chi connectivity index (χ1v) is 17.8. The van der Waals surface area contributed by atoms with Gasteiger partial charge < -0.3 is 29.3 Å². The minimum Gasteiger partial charge on any atom is -0.543 e. The van der Waals surface area contributed by atoms with Crippen molar-refractivity contribution in [2.45, 2.75) is 97.0 Å². The number of amides is 2. The maximum Gasteiger partial charge on any atom is 0.408 e. The summed E-state index contributed by atoms with van der Waals surface area (Å²) in [5.41, 5.74) is 0.867. The summed E-state index contributed by atoms with van der Waals surface area (Å²) in [5, 5.41) is 5.00. The van der Waals surface area contributed by atoms with Gasteiger partial charge >= 0.3 is 18.0 Å². The molecule has 230 valence electrons. The molecule has 0 saturated heterocycles. The van der Waals surface area contributed by atoms with Crippen molar-refractivity contribution in [3.63, 3.8) is 0 Å². The van der Waals surface area contributed by atoms with E-state index in [9.17, 15) is 19.2 Å². The third kappa shape index (κ3) is 8.88. The number of cyclic esters (lactones) is 1. The third-order valence-electron chi connectivity index (χ3n) is 7.80. The van der Waals surface area contributed by atoms with Crippen molar-refractivity contribution in [3.05, 3.63) is 28.8 Å². The first kappa shape index (κ1) is 34.5. The van der Waals surface area contributed by atoms with Gasteiger partial charge in [-0.15, -0.1) is 0 Å². The van der Waals surface area contributed by atoms with Crippen LogP contribution in [0, 0.1) is 12.8 Å². The van der Waals surface area contributed by atoms with Gasteiger partial charge in [-0.2, -0.15) is 11.8 Å². The van der Waals surface area contributed by atoms with E-state index in [-0.39, 0.29) is 10.8 Å². The van der Waals surface area contributed by atoms with Crippen LogP contribution in [-0.2, 0) is 29.6 Å². The van der Waals surface area contributed by atoms with E-state index < -0.39 is 56.5 Å². The Kier molecular flexibility index (Phi) is 11.3. The molecule has 1 aliphatic heterocycles. The highest BCUT2D eigenvalue weighted by Crippen LogP contribution is 2.45. The molecule has 2 N–H and O–H groups in total. The molecule has 0 bridgehead atoms. The molecule has 0 saturated carbocycles. The third-order valence-corrected chi connectivity index (χ3v) is 13.3. The Morgan fingerprint density at radius 2 is 1.78 bits per heavy atom. The highest BCUT2D eigenvalue weighted by Gasteiger charge is 2.45. The summed E-state index contributed by atoms with van der Waals surface area (Å²) < 4.78 is 22.4. The number of ether oxygens (including phenoxy) is 3. The molecule has 41 heavy (non-hydrogen) atoms. The number of alkyl carbamates (subject to hydrolysis) is 1. The Balaban J connectivity index is 2.49. The highest BCUT2D eigenvalue weighted by molar-refractivity contribution is 7.98. The van der Waals surface area contributed by atoms with Gasteiger partial charge in [0.25, 0.3) is 8.32 Å². The van der Waals surface area contributed by atoms with Crippen molar-refractivity contribution >= 4 is 44.0 Å².